The second-order valence-electron chi connectivity index (χ2n) is 7.45. The average molecular weight is 401 g/mol. The third-order valence-electron chi connectivity index (χ3n) is 5.40. The summed E-state index contributed by atoms with van der Waals surface area (Å²) in [5.41, 5.74) is 2.93. The summed E-state index contributed by atoms with van der Waals surface area (Å²) in [6.45, 7) is 1.91. The Labute approximate surface area is 175 Å². The molecule has 1 aliphatic rings. The van der Waals surface area contributed by atoms with Crippen molar-refractivity contribution in [1.82, 2.24) is 19.7 Å². The molecule has 1 aliphatic heterocycles. The molecule has 1 amide bonds. The molecule has 0 radical (unpaired) electrons. The third kappa shape index (κ3) is 4.33. The van der Waals surface area contributed by atoms with E-state index in [0.717, 1.165) is 24.1 Å². The lowest BCUT2D eigenvalue weighted by Gasteiger charge is -2.31. The number of benzene rings is 1. The highest BCUT2D eigenvalue weighted by Crippen LogP contribution is 2.23. The SMILES string of the molecule is Cn1nc(-c2ccccc2)cc1C(=O)N1CCC(COc2cc(C#N)ccn2)CC1. The van der Waals surface area contributed by atoms with Crippen LogP contribution in [0.15, 0.2) is 54.7 Å². The lowest BCUT2D eigenvalue weighted by molar-refractivity contribution is 0.0648. The summed E-state index contributed by atoms with van der Waals surface area (Å²) in [5.74, 6) is 0.832. The first-order valence-corrected chi connectivity index (χ1v) is 10.0. The van der Waals surface area contributed by atoms with Crippen molar-refractivity contribution >= 4 is 5.91 Å². The van der Waals surface area contributed by atoms with E-state index >= 15 is 0 Å². The summed E-state index contributed by atoms with van der Waals surface area (Å²) < 4.78 is 7.42. The Morgan fingerprint density at radius 2 is 1.97 bits per heavy atom. The lowest BCUT2D eigenvalue weighted by atomic mass is 9.97. The maximum atomic E-state index is 13.0. The highest BCUT2D eigenvalue weighted by atomic mass is 16.5. The minimum absolute atomic E-state index is 0.00920. The molecule has 0 spiro atoms. The standard InChI is InChI=1S/C23H23N5O2/c1-27-21(14-20(26-27)19-5-3-2-4-6-19)23(29)28-11-8-17(9-12-28)16-30-22-13-18(15-24)7-10-25-22/h2-7,10,13-14,17H,8-9,11-12,16H2,1H3. The van der Waals surface area contributed by atoms with E-state index in [1.54, 1.807) is 23.0 Å². The molecule has 7 heteroatoms. The van der Waals surface area contributed by atoms with Crippen molar-refractivity contribution < 1.29 is 9.53 Å². The number of carbonyl (C=O) groups is 1. The zero-order valence-corrected chi connectivity index (χ0v) is 16.9. The molecular formula is C23H23N5O2. The second-order valence-corrected chi connectivity index (χ2v) is 7.45. The van der Waals surface area contributed by atoms with E-state index < -0.39 is 0 Å². The van der Waals surface area contributed by atoms with Crippen LogP contribution >= 0.6 is 0 Å². The van der Waals surface area contributed by atoms with Gasteiger partial charge in [0.1, 0.15) is 5.69 Å². The van der Waals surface area contributed by atoms with Crippen LogP contribution in [0.1, 0.15) is 28.9 Å². The third-order valence-corrected chi connectivity index (χ3v) is 5.40. The Balaban J connectivity index is 1.33. The molecule has 1 fully saturated rings. The van der Waals surface area contributed by atoms with Gasteiger partial charge in [-0.1, -0.05) is 30.3 Å². The van der Waals surface area contributed by atoms with Gasteiger partial charge in [-0.3, -0.25) is 9.48 Å². The number of piperidine rings is 1. The molecule has 30 heavy (non-hydrogen) atoms. The number of aromatic nitrogens is 3. The smallest absolute Gasteiger partial charge is 0.272 e. The van der Waals surface area contributed by atoms with Gasteiger partial charge in [-0.15, -0.1) is 0 Å². The zero-order valence-electron chi connectivity index (χ0n) is 16.9. The minimum atomic E-state index is 0.00920. The van der Waals surface area contributed by atoms with Gasteiger partial charge in [0, 0.05) is 38.0 Å². The Bertz CT molecular complexity index is 1060. The van der Waals surface area contributed by atoms with Gasteiger partial charge in [0.2, 0.25) is 5.88 Å². The van der Waals surface area contributed by atoms with Gasteiger partial charge in [0.15, 0.2) is 0 Å². The van der Waals surface area contributed by atoms with Crippen molar-refractivity contribution in [3.63, 3.8) is 0 Å². The summed E-state index contributed by atoms with van der Waals surface area (Å²) >= 11 is 0. The molecule has 7 nitrogen and oxygen atoms in total. The van der Waals surface area contributed by atoms with Gasteiger partial charge in [-0.05, 0) is 30.9 Å². The fourth-order valence-corrected chi connectivity index (χ4v) is 3.64. The first kappa shape index (κ1) is 19.6. The molecule has 0 atom stereocenters. The molecule has 3 aromatic rings. The van der Waals surface area contributed by atoms with Gasteiger partial charge < -0.3 is 9.64 Å². The second kappa shape index (κ2) is 8.78. The molecule has 1 aromatic carbocycles. The van der Waals surface area contributed by atoms with Crippen molar-refractivity contribution in [2.24, 2.45) is 13.0 Å². The molecule has 0 aliphatic carbocycles. The number of aryl methyl sites for hydroxylation is 1. The summed E-state index contributed by atoms with van der Waals surface area (Å²) in [6, 6.07) is 17.1. The molecule has 152 valence electrons. The normalized spacial score (nSPS) is 14.3. The maximum Gasteiger partial charge on any atom is 0.272 e. The Morgan fingerprint density at radius 3 is 2.70 bits per heavy atom. The number of likely N-dealkylation sites (tertiary alicyclic amines) is 1. The van der Waals surface area contributed by atoms with E-state index in [2.05, 4.69) is 16.2 Å². The number of ether oxygens (including phenoxy) is 1. The number of hydrogen-bond acceptors (Lipinski definition) is 5. The van der Waals surface area contributed by atoms with Crippen LogP contribution in [0.2, 0.25) is 0 Å². The van der Waals surface area contributed by atoms with E-state index in [1.807, 2.05) is 48.3 Å². The van der Waals surface area contributed by atoms with Crippen LogP contribution in [0.3, 0.4) is 0 Å². The highest BCUT2D eigenvalue weighted by molar-refractivity contribution is 5.93. The summed E-state index contributed by atoms with van der Waals surface area (Å²) in [6.07, 6.45) is 3.31. The predicted octanol–water partition coefficient (Wildman–Crippen LogP) is 3.28. The fraction of sp³-hybridized carbons (Fsp3) is 0.304. The molecule has 2 aromatic heterocycles. The molecule has 0 unspecified atom stereocenters. The van der Waals surface area contributed by atoms with Crippen molar-refractivity contribution in [3.05, 3.63) is 66.0 Å². The number of nitrogens with zero attached hydrogens (tertiary/aromatic N) is 5. The quantitative estimate of drug-likeness (QED) is 0.655. The molecule has 4 rings (SSSR count). The Hall–Kier alpha value is -3.66. The van der Waals surface area contributed by atoms with Crippen LogP contribution in [-0.4, -0.2) is 45.3 Å². The number of pyridine rings is 1. The molecule has 0 N–H and O–H groups in total. The van der Waals surface area contributed by atoms with Crippen LogP contribution in [0, 0.1) is 17.2 Å². The van der Waals surface area contributed by atoms with Crippen LogP contribution < -0.4 is 4.74 Å². The first-order chi connectivity index (χ1) is 14.6. The van der Waals surface area contributed by atoms with Crippen molar-refractivity contribution in [2.45, 2.75) is 12.8 Å². The molecule has 3 heterocycles. The molecule has 1 saturated heterocycles. The van der Waals surface area contributed by atoms with E-state index in [0.29, 0.717) is 42.8 Å². The van der Waals surface area contributed by atoms with Gasteiger partial charge in [-0.2, -0.15) is 10.4 Å². The average Bonchev–Trinajstić information content (AvgIpc) is 3.20. The monoisotopic (exact) mass is 401 g/mol. The van der Waals surface area contributed by atoms with Crippen molar-refractivity contribution in [2.75, 3.05) is 19.7 Å². The first-order valence-electron chi connectivity index (χ1n) is 10.0. The van der Waals surface area contributed by atoms with Crippen LogP contribution in [0.25, 0.3) is 11.3 Å². The Morgan fingerprint density at radius 1 is 1.20 bits per heavy atom. The molecule has 0 saturated carbocycles. The summed E-state index contributed by atoms with van der Waals surface area (Å²) in [4.78, 5) is 19.0. The summed E-state index contributed by atoms with van der Waals surface area (Å²) in [5, 5.41) is 13.5. The van der Waals surface area contributed by atoms with E-state index in [-0.39, 0.29) is 5.91 Å². The lowest BCUT2D eigenvalue weighted by Crippen LogP contribution is -2.40. The number of nitriles is 1. The van der Waals surface area contributed by atoms with Gasteiger partial charge in [0.05, 0.1) is 23.9 Å². The van der Waals surface area contributed by atoms with Gasteiger partial charge in [-0.25, -0.2) is 4.98 Å². The number of hydrogen-bond donors (Lipinski definition) is 0. The summed E-state index contributed by atoms with van der Waals surface area (Å²) in [7, 11) is 1.81. The van der Waals surface area contributed by atoms with Gasteiger partial charge >= 0.3 is 0 Å². The van der Waals surface area contributed by atoms with E-state index in [4.69, 9.17) is 10.00 Å². The number of rotatable bonds is 5. The topological polar surface area (TPSA) is 84.0 Å². The van der Waals surface area contributed by atoms with Crippen LogP contribution in [0.4, 0.5) is 0 Å². The van der Waals surface area contributed by atoms with Crippen LogP contribution in [-0.2, 0) is 7.05 Å². The maximum absolute atomic E-state index is 13.0. The number of carbonyl (C=O) groups excluding carboxylic acids is 1. The van der Waals surface area contributed by atoms with Crippen LogP contribution in [0.5, 0.6) is 5.88 Å². The van der Waals surface area contributed by atoms with Crippen molar-refractivity contribution in [3.8, 4) is 23.2 Å². The van der Waals surface area contributed by atoms with E-state index in [9.17, 15) is 4.79 Å². The minimum Gasteiger partial charge on any atom is -0.477 e. The van der Waals surface area contributed by atoms with Crippen molar-refractivity contribution in [1.29, 1.82) is 5.26 Å². The molecule has 0 bridgehead atoms. The zero-order chi connectivity index (χ0) is 20.9. The van der Waals surface area contributed by atoms with E-state index in [1.165, 1.54) is 0 Å². The Kier molecular flexibility index (Phi) is 5.75. The predicted molar refractivity (Wildman–Crippen MR) is 112 cm³/mol. The van der Waals surface area contributed by atoms with Gasteiger partial charge in [0.25, 0.3) is 5.91 Å². The molecular weight excluding hydrogens is 378 g/mol. The largest absolute Gasteiger partial charge is 0.477 e. The highest BCUT2D eigenvalue weighted by Gasteiger charge is 2.26. The number of amides is 1. The fourth-order valence-electron chi connectivity index (χ4n) is 3.64.